The summed E-state index contributed by atoms with van der Waals surface area (Å²) in [5.74, 6) is 0.871. The third kappa shape index (κ3) is 5.02. The van der Waals surface area contributed by atoms with Gasteiger partial charge in [0.2, 0.25) is 17.8 Å². The third-order valence-electron chi connectivity index (χ3n) is 4.52. The second-order valence-electron chi connectivity index (χ2n) is 7.30. The summed E-state index contributed by atoms with van der Waals surface area (Å²) < 4.78 is 1.64. The molecule has 160 valence electrons. The fourth-order valence-corrected chi connectivity index (χ4v) is 2.90. The van der Waals surface area contributed by atoms with E-state index < -0.39 is 6.04 Å². The van der Waals surface area contributed by atoms with E-state index in [1.54, 1.807) is 10.7 Å². The molecule has 0 bridgehead atoms. The maximum atomic E-state index is 11.2. The molecule has 0 unspecified atom stereocenters. The second-order valence-corrected chi connectivity index (χ2v) is 7.30. The number of aromatic nitrogens is 4. The lowest BCUT2D eigenvalue weighted by atomic mass is 10.1. The summed E-state index contributed by atoms with van der Waals surface area (Å²) in [4.78, 5) is 20.1. The molecular formula is C20H27N7O3. The van der Waals surface area contributed by atoms with E-state index >= 15 is 0 Å². The number of amides is 1. The first-order valence-electron chi connectivity index (χ1n) is 9.75. The van der Waals surface area contributed by atoms with Crippen molar-refractivity contribution >= 4 is 29.1 Å². The lowest BCUT2D eigenvalue weighted by molar-refractivity contribution is -0.114. The van der Waals surface area contributed by atoms with Crippen LogP contribution in [0.15, 0.2) is 30.5 Å². The zero-order chi connectivity index (χ0) is 21.7. The van der Waals surface area contributed by atoms with Crippen LogP contribution in [0.3, 0.4) is 0 Å². The minimum Gasteiger partial charge on any atom is -0.394 e. The van der Waals surface area contributed by atoms with Crippen LogP contribution in [-0.4, -0.2) is 55.0 Å². The van der Waals surface area contributed by atoms with Gasteiger partial charge in [0.05, 0.1) is 25.5 Å². The number of benzene rings is 1. The van der Waals surface area contributed by atoms with Gasteiger partial charge in [-0.3, -0.25) is 4.79 Å². The van der Waals surface area contributed by atoms with Gasteiger partial charge in [0.1, 0.15) is 0 Å². The summed E-state index contributed by atoms with van der Waals surface area (Å²) in [7, 11) is 0. The summed E-state index contributed by atoms with van der Waals surface area (Å²) in [5, 5.41) is 32.1. The van der Waals surface area contributed by atoms with E-state index in [9.17, 15) is 15.0 Å². The summed E-state index contributed by atoms with van der Waals surface area (Å²) in [5.41, 5.74) is 3.34. The van der Waals surface area contributed by atoms with Crippen LogP contribution in [0, 0.1) is 0 Å². The number of aliphatic hydroxyl groups excluding tert-OH is 2. The van der Waals surface area contributed by atoms with E-state index in [0.717, 1.165) is 16.8 Å². The van der Waals surface area contributed by atoms with Crippen molar-refractivity contribution in [2.24, 2.45) is 0 Å². The molecule has 1 aromatic carbocycles. The van der Waals surface area contributed by atoms with E-state index in [1.807, 2.05) is 24.3 Å². The Labute approximate surface area is 174 Å². The number of hydrogen-bond acceptors (Lipinski definition) is 8. The van der Waals surface area contributed by atoms with E-state index in [4.69, 9.17) is 0 Å². The number of aliphatic hydroxyl groups is 2. The molecule has 0 fully saturated rings. The molecule has 0 atom stereocenters. The van der Waals surface area contributed by atoms with Crippen molar-refractivity contribution in [3.63, 3.8) is 0 Å². The molecule has 2 heterocycles. The van der Waals surface area contributed by atoms with Crippen molar-refractivity contribution < 1.29 is 15.0 Å². The van der Waals surface area contributed by atoms with E-state index in [-0.39, 0.29) is 25.0 Å². The average molecular weight is 413 g/mol. The highest BCUT2D eigenvalue weighted by Crippen LogP contribution is 2.22. The average Bonchev–Trinajstić information content (AvgIpc) is 3.15. The summed E-state index contributed by atoms with van der Waals surface area (Å²) in [6.07, 6.45) is 1.77. The van der Waals surface area contributed by atoms with Gasteiger partial charge in [-0.2, -0.15) is 19.6 Å². The van der Waals surface area contributed by atoms with Crippen molar-refractivity contribution in [2.45, 2.75) is 39.3 Å². The third-order valence-corrected chi connectivity index (χ3v) is 4.52. The van der Waals surface area contributed by atoms with Gasteiger partial charge < -0.3 is 26.2 Å². The van der Waals surface area contributed by atoms with Crippen molar-refractivity contribution in [3.05, 3.63) is 41.6 Å². The van der Waals surface area contributed by atoms with Crippen molar-refractivity contribution in [3.8, 4) is 0 Å². The maximum absolute atomic E-state index is 11.2. The van der Waals surface area contributed by atoms with Crippen LogP contribution in [0.25, 0.3) is 5.65 Å². The Kier molecular flexibility index (Phi) is 6.80. The van der Waals surface area contributed by atoms with Gasteiger partial charge in [0.25, 0.3) is 0 Å². The molecule has 0 aliphatic heterocycles. The van der Waals surface area contributed by atoms with Crippen LogP contribution >= 0.6 is 0 Å². The molecule has 10 heteroatoms. The van der Waals surface area contributed by atoms with Gasteiger partial charge in [0.15, 0.2) is 5.65 Å². The normalized spacial score (nSPS) is 11.3. The largest absolute Gasteiger partial charge is 0.394 e. The van der Waals surface area contributed by atoms with Crippen LogP contribution in [0.2, 0.25) is 0 Å². The number of nitrogens with zero attached hydrogens (tertiary/aromatic N) is 4. The predicted molar refractivity (Wildman–Crippen MR) is 115 cm³/mol. The smallest absolute Gasteiger partial charge is 0.229 e. The zero-order valence-corrected chi connectivity index (χ0v) is 17.3. The van der Waals surface area contributed by atoms with Gasteiger partial charge in [0, 0.05) is 24.7 Å². The van der Waals surface area contributed by atoms with Crippen LogP contribution in [0.5, 0.6) is 0 Å². The molecule has 10 nitrogen and oxygen atoms in total. The molecule has 0 saturated heterocycles. The van der Waals surface area contributed by atoms with Gasteiger partial charge in [-0.15, -0.1) is 0 Å². The zero-order valence-electron chi connectivity index (χ0n) is 17.3. The number of rotatable bonds is 9. The molecule has 1 amide bonds. The lowest BCUT2D eigenvalue weighted by Gasteiger charge is -2.15. The fraction of sp³-hybridized carbons (Fsp3) is 0.400. The van der Waals surface area contributed by atoms with Crippen LogP contribution in [-0.2, 0) is 11.3 Å². The molecule has 0 spiro atoms. The fourth-order valence-electron chi connectivity index (χ4n) is 2.90. The van der Waals surface area contributed by atoms with E-state index in [0.29, 0.717) is 24.1 Å². The quantitative estimate of drug-likeness (QED) is 0.357. The lowest BCUT2D eigenvalue weighted by Crippen LogP contribution is -2.29. The van der Waals surface area contributed by atoms with E-state index in [1.165, 1.54) is 6.92 Å². The molecule has 30 heavy (non-hydrogen) atoms. The highest BCUT2D eigenvalue weighted by atomic mass is 16.3. The monoisotopic (exact) mass is 413 g/mol. The van der Waals surface area contributed by atoms with Gasteiger partial charge in [-0.05, 0) is 23.6 Å². The minimum absolute atomic E-state index is 0.118. The van der Waals surface area contributed by atoms with Crippen molar-refractivity contribution in [2.75, 3.05) is 29.2 Å². The number of fused-ring (bicyclic) bond motifs is 1. The van der Waals surface area contributed by atoms with Gasteiger partial charge in [-0.25, -0.2) is 0 Å². The number of anilines is 3. The van der Waals surface area contributed by atoms with E-state index in [2.05, 4.69) is 44.9 Å². The predicted octanol–water partition coefficient (Wildman–Crippen LogP) is 1.58. The molecule has 2 aromatic heterocycles. The van der Waals surface area contributed by atoms with Crippen molar-refractivity contribution in [1.82, 2.24) is 19.6 Å². The Balaban J connectivity index is 1.86. The molecule has 0 aliphatic carbocycles. The first kappa shape index (κ1) is 21.5. The van der Waals surface area contributed by atoms with Crippen molar-refractivity contribution in [1.29, 1.82) is 0 Å². The van der Waals surface area contributed by atoms with Gasteiger partial charge >= 0.3 is 0 Å². The van der Waals surface area contributed by atoms with Crippen LogP contribution in [0.1, 0.15) is 37.8 Å². The Hall–Kier alpha value is -3.24. The summed E-state index contributed by atoms with van der Waals surface area (Å²) in [6, 6.07) is 6.92. The highest BCUT2D eigenvalue weighted by molar-refractivity contribution is 5.88. The van der Waals surface area contributed by atoms with Crippen LogP contribution in [0.4, 0.5) is 17.6 Å². The number of carbonyl (C=O) groups excluding carboxylic acids is 1. The standard InChI is InChI=1S/C20H27N7O3/c1-12(2)17-9-22-27-18(17)25-19(24-16(10-28)11-29)26-20(27)21-8-14-4-6-15(7-5-14)23-13(3)30/h4-7,9,12,16,28-29H,8,10-11H2,1-3H3,(H,23,30)(H2,21,24,25,26). The second kappa shape index (κ2) is 9.51. The first-order chi connectivity index (χ1) is 14.4. The van der Waals surface area contributed by atoms with Gasteiger partial charge in [-0.1, -0.05) is 26.0 Å². The minimum atomic E-state index is -0.563. The first-order valence-corrected chi connectivity index (χ1v) is 9.75. The molecule has 3 aromatic rings. The number of nitrogens with one attached hydrogen (secondary N) is 3. The number of carbonyl (C=O) groups is 1. The topological polar surface area (TPSA) is 137 Å². The Morgan fingerprint density at radius 2 is 1.83 bits per heavy atom. The molecule has 0 aliphatic rings. The molecular weight excluding hydrogens is 386 g/mol. The number of hydrogen-bond donors (Lipinski definition) is 5. The molecule has 0 saturated carbocycles. The maximum Gasteiger partial charge on any atom is 0.229 e. The molecule has 5 N–H and O–H groups in total. The Bertz CT molecular complexity index is 998. The Morgan fingerprint density at radius 3 is 2.43 bits per heavy atom. The SMILES string of the molecule is CC(=O)Nc1ccc(CNc2nc(NC(CO)CO)nc3c(C(C)C)cnn23)cc1. The van der Waals surface area contributed by atoms with Crippen LogP contribution < -0.4 is 16.0 Å². The molecule has 0 radical (unpaired) electrons. The Morgan fingerprint density at radius 1 is 1.13 bits per heavy atom. The highest BCUT2D eigenvalue weighted by Gasteiger charge is 2.16. The molecule has 3 rings (SSSR count). The summed E-state index contributed by atoms with van der Waals surface area (Å²) in [6.45, 7) is 5.57. The summed E-state index contributed by atoms with van der Waals surface area (Å²) >= 11 is 0.